The van der Waals surface area contributed by atoms with Crippen LogP contribution >= 0.6 is 0 Å². The summed E-state index contributed by atoms with van der Waals surface area (Å²) in [5.41, 5.74) is 5.01. The molecule has 0 spiro atoms. The summed E-state index contributed by atoms with van der Waals surface area (Å²) in [5.74, 6) is -0.908. The Hall–Kier alpha value is -2.24. The van der Waals surface area contributed by atoms with Gasteiger partial charge in [-0.25, -0.2) is 4.79 Å². The van der Waals surface area contributed by atoms with E-state index < -0.39 is 11.9 Å². The summed E-state index contributed by atoms with van der Waals surface area (Å²) in [7, 11) is 0. The molecule has 104 valence electrons. The molecule has 0 saturated carbocycles. The third kappa shape index (κ3) is 4.87. The molecule has 0 atom stereocenters. The first-order valence-corrected chi connectivity index (χ1v) is 5.95. The number of nitrogens with two attached hydrogens (primary N) is 1. The first-order valence-electron chi connectivity index (χ1n) is 5.95. The zero-order valence-electron chi connectivity index (χ0n) is 10.7. The topological polar surface area (TPSA) is 98.8 Å². The third-order valence-electron chi connectivity index (χ3n) is 2.26. The van der Waals surface area contributed by atoms with Crippen LogP contribution in [0.3, 0.4) is 0 Å². The van der Waals surface area contributed by atoms with Gasteiger partial charge in [-0.05, 0) is 18.6 Å². The predicted octanol–water partition coefficient (Wildman–Crippen LogP) is 1.43. The first kappa shape index (κ1) is 14.8. The number of carboxylic acids is 1. The van der Waals surface area contributed by atoms with Gasteiger partial charge in [-0.1, -0.05) is 6.92 Å². The van der Waals surface area contributed by atoms with Crippen LogP contribution in [0.15, 0.2) is 18.2 Å². The van der Waals surface area contributed by atoms with Crippen molar-refractivity contribution in [1.82, 2.24) is 0 Å². The Bertz CT molecular complexity index is 458. The molecule has 0 bridgehead atoms. The van der Waals surface area contributed by atoms with Gasteiger partial charge in [-0.15, -0.1) is 0 Å². The molecule has 6 nitrogen and oxygen atoms in total. The van der Waals surface area contributed by atoms with E-state index in [4.69, 9.17) is 20.3 Å². The molecule has 0 aliphatic heterocycles. The van der Waals surface area contributed by atoms with Gasteiger partial charge in [0.1, 0.15) is 17.1 Å². The zero-order valence-corrected chi connectivity index (χ0v) is 10.7. The zero-order chi connectivity index (χ0) is 14.3. The highest BCUT2D eigenvalue weighted by atomic mass is 16.5. The molecule has 1 aromatic rings. The van der Waals surface area contributed by atoms with Crippen LogP contribution in [0.4, 0.5) is 0 Å². The van der Waals surface area contributed by atoms with Crippen LogP contribution in [0.25, 0.3) is 0 Å². The molecule has 1 aromatic carbocycles. The number of benzene rings is 1. The fourth-order valence-electron chi connectivity index (χ4n) is 1.37. The van der Waals surface area contributed by atoms with Gasteiger partial charge in [0.15, 0.2) is 0 Å². The van der Waals surface area contributed by atoms with Crippen molar-refractivity contribution in [2.45, 2.75) is 19.8 Å². The molecule has 0 fully saturated rings. The fraction of sp³-hybridized carbons (Fsp3) is 0.385. The number of hydrogen-bond acceptors (Lipinski definition) is 4. The molecule has 0 saturated heterocycles. The summed E-state index contributed by atoms with van der Waals surface area (Å²) >= 11 is 0. The van der Waals surface area contributed by atoms with Crippen LogP contribution in [-0.2, 0) is 4.79 Å². The minimum Gasteiger partial charge on any atom is -0.493 e. The Morgan fingerprint density at radius 3 is 2.58 bits per heavy atom. The average molecular weight is 267 g/mol. The Kier molecular flexibility index (Phi) is 5.66. The number of carboxylic acid groups (broad SMARTS) is 1. The van der Waals surface area contributed by atoms with Gasteiger partial charge in [-0.2, -0.15) is 0 Å². The van der Waals surface area contributed by atoms with Crippen LogP contribution in [0.2, 0.25) is 0 Å². The van der Waals surface area contributed by atoms with Crippen LogP contribution in [0.1, 0.15) is 30.1 Å². The second-order valence-corrected chi connectivity index (χ2v) is 3.88. The molecule has 0 unspecified atom stereocenters. The summed E-state index contributed by atoms with van der Waals surface area (Å²) in [6.07, 6.45) is 0.873. The van der Waals surface area contributed by atoms with Crippen molar-refractivity contribution in [3.63, 3.8) is 0 Å². The van der Waals surface area contributed by atoms with E-state index in [-0.39, 0.29) is 24.3 Å². The summed E-state index contributed by atoms with van der Waals surface area (Å²) in [6.45, 7) is 2.54. The highest BCUT2D eigenvalue weighted by Crippen LogP contribution is 2.25. The summed E-state index contributed by atoms with van der Waals surface area (Å²) in [6, 6.07) is 4.48. The predicted molar refractivity (Wildman–Crippen MR) is 68.5 cm³/mol. The number of rotatable bonds is 8. The van der Waals surface area contributed by atoms with Gasteiger partial charge >= 0.3 is 5.97 Å². The smallest absolute Gasteiger partial charge is 0.339 e. The number of carbonyl (C=O) groups excluding carboxylic acids is 1. The van der Waals surface area contributed by atoms with Crippen molar-refractivity contribution in [3.8, 4) is 11.5 Å². The lowest BCUT2D eigenvalue weighted by atomic mass is 10.2. The highest BCUT2D eigenvalue weighted by molar-refractivity contribution is 5.91. The SMILES string of the molecule is CCCOc1ccc(C(=O)O)c(OCCC(N)=O)c1. The number of carbonyl (C=O) groups is 2. The van der Waals surface area contributed by atoms with Crippen LogP contribution in [0, 0.1) is 0 Å². The van der Waals surface area contributed by atoms with Crippen LogP contribution < -0.4 is 15.2 Å². The quantitative estimate of drug-likeness (QED) is 0.742. The van der Waals surface area contributed by atoms with E-state index in [1.54, 1.807) is 6.07 Å². The van der Waals surface area contributed by atoms with Crippen molar-refractivity contribution < 1.29 is 24.2 Å². The molecule has 0 heterocycles. The van der Waals surface area contributed by atoms with Crippen molar-refractivity contribution in [1.29, 1.82) is 0 Å². The Morgan fingerprint density at radius 2 is 2.00 bits per heavy atom. The van der Waals surface area contributed by atoms with Gasteiger partial charge in [0.25, 0.3) is 0 Å². The highest BCUT2D eigenvalue weighted by Gasteiger charge is 2.13. The van der Waals surface area contributed by atoms with Gasteiger partial charge in [-0.3, -0.25) is 4.79 Å². The van der Waals surface area contributed by atoms with Crippen molar-refractivity contribution >= 4 is 11.9 Å². The number of primary amides is 1. The maximum Gasteiger partial charge on any atom is 0.339 e. The summed E-state index contributed by atoms with van der Waals surface area (Å²) in [5, 5.41) is 9.03. The number of amides is 1. The van der Waals surface area contributed by atoms with E-state index in [1.807, 2.05) is 6.92 Å². The van der Waals surface area contributed by atoms with E-state index >= 15 is 0 Å². The first-order chi connectivity index (χ1) is 9.04. The van der Waals surface area contributed by atoms with Gasteiger partial charge in [0.05, 0.1) is 19.6 Å². The Morgan fingerprint density at radius 1 is 1.26 bits per heavy atom. The monoisotopic (exact) mass is 267 g/mol. The largest absolute Gasteiger partial charge is 0.493 e. The lowest BCUT2D eigenvalue weighted by Gasteiger charge is -2.11. The van der Waals surface area contributed by atoms with Crippen molar-refractivity contribution in [3.05, 3.63) is 23.8 Å². The maximum atomic E-state index is 11.0. The summed E-state index contributed by atoms with van der Waals surface area (Å²) < 4.78 is 10.7. The van der Waals surface area contributed by atoms with E-state index in [2.05, 4.69) is 0 Å². The standard InChI is InChI=1S/C13H17NO5/c1-2-6-18-9-3-4-10(13(16)17)11(8-9)19-7-5-12(14)15/h3-4,8H,2,5-7H2,1H3,(H2,14,15)(H,16,17). The van der Waals surface area contributed by atoms with Crippen LogP contribution in [-0.4, -0.2) is 30.2 Å². The van der Waals surface area contributed by atoms with Gasteiger partial charge in [0, 0.05) is 6.07 Å². The normalized spacial score (nSPS) is 9.95. The van der Waals surface area contributed by atoms with E-state index in [0.29, 0.717) is 12.4 Å². The molecule has 0 radical (unpaired) electrons. The third-order valence-corrected chi connectivity index (χ3v) is 2.26. The Labute approximate surface area is 111 Å². The molecule has 0 aliphatic carbocycles. The Balaban J connectivity index is 2.82. The minimum atomic E-state index is -1.10. The molecule has 1 rings (SSSR count). The maximum absolute atomic E-state index is 11.0. The molecule has 19 heavy (non-hydrogen) atoms. The number of hydrogen-bond donors (Lipinski definition) is 2. The van der Waals surface area contributed by atoms with E-state index in [0.717, 1.165) is 6.42 Å². The van der Waals surface area contributed by atoms with E-state index in [1.165, 1.54) is 12.1 Å². The lowest BCUT2D eigenvalue weighted by Crippen LogP contribution is -2.15. The fourth-order valence-corrected chi connectivity index (χ4v) is 1.37. The van der Waals surface area contributed by atoms with Gasteiger partial charge in [0.2, 0.25) is 5.91 Å². The molecule has 3 N–H and O–H groups in total. The second kappa shape index (κ2) is 7.25. The van der Waals surface area contributed by atoms with Gasteiger partial charge < -0.3 is 20.3 Å². The molecule has 0 aromatic heterocycles. The molecular weight excluding hydrogens is 250 g/mol. The second-order valence-electron chi connectivity index (χ2n) is 3.88. The van der Waals surface area contributed by atoms with Crippen LogP contribution in [0.5, 0.6) is 11.5 Å². The number of ether oxygens (including phenoxy) is 2. The van der Waals surface area contributed by atoms with E-state index in [9.17, 15) is 9.59 Å². The number of aromatic carboxylic acids is 1. The molecule has 6 heteroatoms. The minimum absolute atomic E-state index is 0.0216. The molecule has 0 aliphatic rings. The molecule has 1 amide bonds. The lowest BCUT2D eigenvalue weighted by molar-refractivity contribution is -0.118. The van der Waals surface area contributed by atoms with Crippen molar-refractivity contribution in [2.24, 2.45) is 5.73 Å². The summed E-state index contributed by atoms with van der Waals surface area (Å²) in [4.78, 5) is 21.6. The van der Waals surface area contributed by atoms with Crippen molar-refractivity contribution in [2.75, 3.05) is 13.2 Å². The molecular formula is C13H17NO5. The average Bonchev–Trinajstić information content (AvgIpc) is 2.35.